The fraction of sp³-hybridized carbons (Fsp3) is 0.0638. The van der Waals surface area contributed by atoms with E-state index in [1.54, 1.807) is 0 Å². The molecule has 0 bridgehead atoms. The van der Waals surface area contributed by atoms with Gasteiger partial charge in [0.2, 0.25) is 0 Å². The number of benzene rings is 8. The highest BCUT2D eigenvalue weighted by Crippen LogP contribution is 2.54. The number of hydrogen-bond acceptors (Lipinski definition) is 2. The monoisotopic (exact) mass is 656 g/mol. The van der Waals surface area contributed by atoms with Gasteiger partial charge in [0.15, 0.2) is 0 Å². The van der Waals surface area contributed by atoms with E-state index in [1.165, 1.54) is 91.8 Å². The number of thiophene rings is 1. The van der Waals surface area contributed by atoms with E-state index in [1.807, 2.05) is 11.3 Å². The molecule has 0 saturated carbocycles. The van der Waals surface area contributed by atoms with E-state index in [0.717, 1.165) is 11.4 Å². The summed E-state index contributed by atoms with van der Waals surface area (Å²) >= 11 is 1.88. The van der Waals surface area contributed by atoms with Crippen molar-refractivity contribution in [2.75, 3.05) is 4.90 Å². The van der Waals surface area contributed by atoms with E-state index in [4.69, 9.17) is 0 Å². The van der Waals surface area contributed by atoms with Gasteiger partial charge in [0, 0.05) is 58.6 Å². The van der Waals surface area contributed by atoms with Crippen molar-refractivity contribution in [2.45, 2.75) is 19.3 Å². The fourth-order valence-electron chi connectivity index (χ4n) is 8.91. The van der Waals surface area contributed by atoms with Gasteiger partial charge in [-0.05, 0) is 87.3 Å². The first-order valence-electron chi connectivity index (χ1n) is 17.4. The van der Waals surface area contributed by atoms with Gasteiger partial charge in [0.25, 0.3) is 0 Å². The molecule has 236 valence electrons. The summed E-state index contributed by atoms with van der Waals surface area (Å²) < 4.78 is 2.67. The minimum Gasteiger partial charge on any atom is -0.354 e. The molecule has 2 aromatic heterocycles. The molecule has 8 aromatic carbocycles. The van der Waals surface area contributed by atoms with Crippen LogP contribution in [0.2, 0.25) is 0 Å². The maximum Gasteiger partial charge on any atom is 0.0541 e. The highest BCUT2D eigenvalue weighted by atomic mass is 32.1. The fourth-order valence-corrected chi connectivity index (χ4v) is 10.1. The third kappa shape index (κ3) is 3.73. The van der Waals surface area contributed by atoms with Crippen LogP contribution in [0.1, 0.15) is 25.0 Å². The summed E-state index contributed by atoms with van der Waals surface area (Å²) in [4.78, 5) is 6.34. The first-order chi connectivity index (χ1) is 24.6. The first-order valence-corrected chi connectivity index (χ1v) is 18.2. The van der Waals surface area contributed by atoms with E-state index in [-0.39, 0.29) is 5.41 Å². The van der Waals surface area contributed by atoms with Crippen LogP contribution in [0.25, 0.3) is 75.0 Å². The molecule has 3 heteroatoms. The Balaban J connectivity index is 1.10. The minimum atomic E-state index is -0.0898. The number of H-pyrrole nitrogens is 1. The molecule has 0 fully saturated rings. The number of hydrogen-bond donors (Lipinski definition) is 1. The second kappa shape index (κ2) is 10.1. The Labute approximate surface area is 294 Å². The Morgan fingerprint density at radius 3 is 2.18 bits per heavy atom. The Morgan fingerprint density at radius 1 is 0.560 bits per heavy atom. The average molecular weight is 657 g/mol. The zero-order valence-corrected chi connectivity index (χ0v) is 28.6. The summed E-state index contributed by atoms with van der Waals surface area (Å²) in [7, 11) is 0. The Morgan fingerprint density at radius 2 is 1.30 bits per heavy atom. The molecular formula is C47H32N2S. The van der Waals surface area contributed by atoms with E-state index in [0.29, 0.717) is 0 Å². The molecule has 1 aliphatic carbocycles. The SMILES string of the molecule is CC1(C)c2ccccc2-c2cc3ccc4c(N(c5ccccc5)c5ccc(-c6cccc7c6sc6ccccc67)cc5)ccc5[nH]c(c21)c3c54. The highest BCUT2D eigenvalue weighted by Gasteiger charge is 2.38. The predicted octanol–water partition coefficient (Wildman–Crippen LogP) is 13.7. The lowest BCUT2D eigenvalue weighted by Gasteiger charge is -2.27. The summed E-state index contributed by atoms with van der Waals surface area (Å²) in [6, 6.07) is 55.9. The lowest BCUT2D eigenvalue weighted by Crippen LogP contribution is -2.15. The number of nitrogens with zero attached hydrogens (tertiary/aromatic N) is 1. The van der Waals surface area contributed by atoms with E-state index in [2.05, 4.69) is 175 Å². The van der Waals surface area contributed by atoms with Gasteiger partial charge in [0.1, 0.15) is 0 Å². The molecule has 11 rings (SSSR count). The number of nitrogens with one attached hydrogen (secondary N) is 1. The van der Waals surface area contributed by atoms with Crippen LogP contribution < -0.4 is 4.90 Å². The number of aromatic nitrogens is 1. The molecular weight excluding hydrogens is 625 g/mol. The molecule has 1 N–H and O–H groups in total. The van der Waals surface area contributed by atoms with Gasteiger partial charge in [-0.15, -0.1) is 11.3 Å². The van der Waals surface area contributed by atoms with Crippen molar-refractivity contribution in [3.05, 3.63) is 163 Å². The van der Waals surface area contributed by atoms with Crippen LogP contribution in [0.5, 0.6) is 0 Å². The molecule has 0 amide bonds. The highest BCUT2D eigenvalue weighted by molar-refractivity contribution is 7.26. The van der Waals surface area contributed by atoms with Gasteiger partial charge in [-0.2, -0.15) is 0 Å². The number of aromatic amines is 1. The Kier molecular flexibility index (Phi) is 5.64. The Bertz CT molecular complexity index is 2940. The number of para-hydroxylation sites is 1. The summed E-state index contributed by atoms with van der Waals surface area (Å²) in [6.07, 6.45) is 0. The molecule has 1 aliphatic rings. The summed E-state index contributed by atoms with van der Waals surface area (Å²) in [5.74, 6) is 0. The quantitative estimate of drug-likeness (QED) is 0.187. The number of fused-ring (bicyclic) bond motifs is 7. The average Bonchev–Trinajstić information content (AvgIpc) is 3.81. The largest absolute Gasteiger partial charge is 0.354 e. The van der Waals surface area contributed by atoms with Gasteiger partial charge < -0.3 is 9.88 Å². The minimum absolute atomic E-state index is 0.0898. The smallest absolute Gasteiger partial charge is 0.0541 e. The van der Waals surface area contributed by atoms with Crippen molar-refractivity contribution in [3.63, 3.8) is 0 Å². The molecule has 10 aromatic rings. The van der Waals surface area contributed by atoms with Crippen molar-refractivity contribution in [1.29, 1.82) is 0 Å². The van der Waals surface area contributed by atoms with E-state index >= 15 is 0 Å². The maximum atomic E-state index is 3.93. The lowest BCUT2D eigenvalue weighted by molar-refractivity contribution is 0.665. The second-order valence-corrected chi connectivity index (χ2v) is 15.2. The van der Waals surface area contributed by atoms with Gasteiger partial charge in [-0.3, -0.25) is 0 Å². The topological polar surface area (TPSA) is 19.0 Å². The second-order valence-electron chi connectivity index (χ2n) is 14.2. The number of rotatable bonds is 4. The molecule has 0 aliphatic heterocycles. The third-order valence-electron chi connectivity index (χ3n) is 11.1. The summed E-state index contributed by atoms with van der Waals surface area (Å²) in [6.45, 7) is 4.75. The van der Waals surface area contributed by atoms with Crippen LogP contribution >= 0.6 is 11.3 Å². The third-order valence-corrected chi connectivity index (χ3v) is 12.4. The molecule has 0 atom stereocenters. The van der Waals surface area contributed by atoms with Crippen LogP contribution in [-0.4, -0.2) is 4.98 Å². The van der Waals surface area contributed by atoms with Crippen LogP contribution in [0.3, 0.4) is 0 Å². The zero-order chi connectivity index (χ0) is 33.1. The molecule has 2 nitrogen and oxygen atoms in total. The molecule has 0 spiro atoms. The standard InChI is InChI=1S/C47H32N2S/c1-47(2)38-17-8-6-13-33(38)37-27-29-21-24-36-40(26-25-39-43(36)42(29)45(48-39)44(37)47)49(30-11-4-3-5-12-30)31-22-19-28(20-23-31)32-15-10-16-35-34-14-7-9-18-41(34)50-46(32)35/h3-27,48H,1-2H3. The maximum absolute atomic E-state index is 3.93. The van der Waals surface area contributed by atoms with Gasteiger partial charge in [0.05, 0.1) is 11.2 Å². The molecule has 0 unspecified atom stereocenters. The normalized spacial score (nSPS) is 13.6. The van der Waals surface area contributed by atoms with Gasteiger partial charge in [-0.25, -0.2) is 0 Å². The molecule has 0 saturated heterocycles. The van der Waals surface area contributed by atoms with Crippen molar-refractivity contribution in [2.24, 2.45) is 0 Å². The van der Waals surface area contributed by atoms with Crippen LogP contribution in [0, 0.1) is 0 Å². The van der Waals surface area contributed by atoms with E-state index in [9.17, 15) is 0 Å². The van der Waals surface area contributed by atoms with Crippen molar-refractivity contribution in [3.8, 4) is 22.3 Å². The number of anilines is 3. The van der Waals surface area contributed by atoms with E-state index < -0.39 is 0 Å². The van der Waals surface area contributed by atoms with Crippen molar-refractivity contribution < 1.29 is 0 Å². The summed E-state index contributed by atoms with van der Waals surface area (Å²) in [5, 5.41) is 7.83. The van der Waals surface area contributed by atoms with Crippen LogP contribution in [-0.2, 0) is 5.41 Å². The van der Waals surface area contributed by atoms with Crippen molar-refractivity contribution in [1.82, 2.24) is 4.98 Å². The predicted molar refractivity (Wildman–Crippen MR) is 215 cm³/mol. The van der Waals surface area contributed by atoms with Gasteiger partial charge in [-0.1, -0.05) is 117 Å². The van der Waals surface area contributed by atoms with Crippen LogP contribution in [0.15, 0.2) is 152 Å². The van der Waals surface area contributed by atoms with Crippen molar-refractivity contribution >= 4 is 81.1 Å². The van der Waals surface area contributed by atoms with Crippen LogP contribution in [0.4, 0.5) is 17.1 Å². The summed E-state index contributed by atoms with van der Waals surface area (Å²) in [5.41, 5.74) is 13.8. The Hall–Kier alpha value is -5.90. The van der Waals surface area contributed by atoms with Gasteiger partial charge >= 0.3 is 0 Å². The molecule has 50 heavy (non-hydrogen) atoms. The lowest BCUT2D eigenvalue weighted by atomic mass is 9.81. The molecule has 2 heterocycles. The zero-order valence-electron chi connectivity index (χ0n) is 27.8. The first kappa shape index (κ1) is 28.0. The molecule has 0 radical (unpaired) electrons.